The van der Waals surface area contributed by atoms with E-state index in [9.17, 15) is 9.90 Å². The Balaban J connectivity index is 1.81. The molecule has 4 nitrogen and oxygen atoms in total. The highest BCUT2D eigenvalue weighted by Crippen LogP contribution is 2.51. The summed E-state index contributed by atoms with van der Waals surface area (Å²) in [5.74, 6) is 1.74. The second-order valence-corrected chi connectivity index (χ2v) is 8.84. The zero-order valence-corrected chi connectivity index (χ0v) is 18.1. The van der Waals surface area contributed by atoms with Gasteiger partial charge >= 0.3 is 0 Å². The molecule has 2 aromatic carbocycles. The van der Waals surface area contributed by atoms with Gasteiger partial charge in [0, 0.05) is 17.5 Å². The Kier molecular flexibility index (Phi) is 5.59. The van der Waals surface area contributed by atoms with Gasteiger partial charge in [-0.2, -0.15) is 0 Å². The van der Waals surface area contributed by atoms with Crippen molar-refractivity contribution in [2.45, 2.75) is 52.1 Å². The number of carbonyl (C=O) groups excluding carboxylic acids is 1. The number of methoxy groups -OCH3 is 1. The van der Waals surface area contributed by atoms with E-state index >= 15 is 0 Å². The molecule has 1 heterocycles. The van der Waals surface area contributed by atoms with Crippen LogP contribution in [0.25, 0.3) is 0 Å². The van der Waals surface area contributed by atoms with Gasteiger partial charge in [-0.3, -0.25) is 4.79 Å². The van der Waals surface area contributed by atoms with E-state index in [0.717, 1.165) is 18.4 Å². The fraction of sp³-hybridized carbons (Fsp3) is 0.423. The van der Waals surface area contributed by atoms with Crippen molar-refractivity contribution in [3.63, 3.8) is 0 Å². The molecule has 0 aromatic heterocycles. The molecule has 0 saturated carbocycles. The molecule has 0 spiro atoms. The van der Waals surface area contributed by atoms with Crippen LogP contribution in [0.2, 0.25) is 0 Å². The fourth-order valence-electron chi connectivity index (χ4n) is 4.94. The van der Waals surface area contributed by atoms with Crippen LogP contribution in [0.5, 0.6) is 17.2 Å². The summed E-state index contributed by atoms with van der Waals surface area (Å²) in [7, 11) is 1.60. The molecule has 2 aromatic rings. The summed E-state index contributed by atoms with van der Waals surface area (Å²) in [5.41, 5.74) is 3.26. The summed E-state index contributed by atoms with van der Waals surface area (Å²) < 4.78 is 11.9. The van der Waals surface area contributed by atoms with E-state index in [1.54, 1.807) is 13.2 Å². The third-order valence-electron chi connectivity index (χ3n) is 6.56. The second-order valence-electron chi connectivity index (χ2n) is 8.84. The smallest absolute Gasteiger partial charge is 0.174 e. The number of rotatable bonds is 4. The van der Waals surface area contributed by atoms with E-state index in [1.807, 2.05) is 30.3 Å². The Bertz CT molecular complexity index is 974. The van der Waals surface area contributed by atoms with Crippen molar-refractivity contribution < 1.29 is 19.4 Å². The van der Waals surface area contributed by atoms with Crippen molar-refractivity contribution in [3.8, 4) is 17.2 Å². The number of allylic oxidation sites excluding steroid dienone is 2. The number of benzene rings is 2. The van der Waals surface area contributed by atoms with Crippen LogP contribution < -0.4 is 9.47 Å². The molecule has 3 atom stereocenters. The molecule has 0 radical (unpaired) electrons. The SMILES string of the molecule is COc1cc2c(c(O)c1C1C=C(C)CCC1C(C)C)C(=O)CC(c1ccccc1)O2. The molecule has 4 heteroatoms. The molecule has 1 aliphatic carbocycles. The van der Waals surface area contributed by atoms with Gasteiger partial charge in [0.05, 0.1) is 13.5 Å². The van der Waals surface area contributed by atoms with E-state index in [0.29, 0.717) is 28.9 Å². The molecule has 0 bridgehead atoms. The Morgan fingerprint density at radius 2 is 1.93 bits per heavy atom. The average Bonchev–Trinajstić information content (AvgIpc) is 2.73. The number of phenols is 1. The van der Waals surface area contributed by atoms with Crippen molar-refractivity contribution in [2.75, 3.05) is 7.11 Å². The van der Waals surface area contributed by atoms with Crippen molar-refractivity contribution in [1.29, 1.82) is 0 Å². The lowest BCUT2D eigenvalue weighted by Crippen LogP contribution is -2.24. The van der Waals surface area contributed by atoms with E-state index in [4.69, 9.17) is 9.47 Å². The maximum absolute atomic E-state index is 13.1. The predicted molar refractivity (Wildman–Crippen MR) is 117 cm³/mol. The minimum Gasteiger partial charge on any atom is -0.507 e. The number of ketones is 1. The first-order valence-electron chi connectivity index (χ1n) is 10.8. The number of aromatic hydroxyl groups is 1. The first-order valence-corrected chi connectivity index (χ1v) is 10.8. The molecule has 3 unspecified atom stereocenters. The Morgan fingerprint density at radius 1 is 1.20 bits per heavy atom. The average molecular weight is 407 g/mol. The lowest BCUT2D eigenvalue weighted by Gasteiger charge is -2.35. The molecule has 30 heavy (non-hydrogen) atoms. The number of carbonyl (C=O) groups is 1. The topological polar surface area (TPSA) is 55.8 Å². The van der Waals surface area contributed by atoms with Crippen LogP contribution in [0.1, 0.15) is 73.5 Å². The van der Waals surface area contributed by atoms with Gasteiger partial charge in [0.25, 0.3) is 0 Å². The minimum absolute atomic E-state index is 0.0126. The summed E-state index contributed by atoms with van der Waals surface area (Å²) in [5, 5.41) is 11.3. The quantitative estimate of drug-likeness (QED) is 0.614. The van der Waals surface area contributed by atoms with E-state index in [-0.39, 0.29) is 35.5 Å². The van der Waals surface area contributed by atoms with Gasteiger partial charge in [0.2, 0.25) is 0 Å². The molecule has 158 valence electrons. The summed E-state index contributed by atoms with van der Waals surface area (Å²) in [4.78, 5) is 13.1. The van der Waals surface area contributed by atoms with Crippen LogP contribution >= 0.6 is 0 Å². The summed E-state index contributed by atoms with van der Waals surface area (Å²) in [6, 6.07) is 11.5. The number of phenolic OH excluding ortho intramolecular Hbond substituents is 1. The standard InChI is InChI=1S/C26H30O4/c1-15(2)18-11-10-16(3)12-19(18)24-22(29-4)14-23-25(26(24)28)20(27)13-21(30-23)17-8-6-5-7-9-17/h5-9,12,14-15,18-19,21,28H,10-11,13H2,1-4H3. The Hall–Kier alpha value is -2.75. The molecule has 1 N–H and O–H groups in total. The maximum atomic E-state index is 13.1. The van der Waals surface area contributed by atoms with Crippen LogP contribution in [0, 0.1) is 11.8 Å². The summed E-state index contributed by atoms with van der Waals surface area (Å²) in [6.07, 6.45) is 4.21. The molecule has 4 rings (SSSR count). The highest BCUT2D eigenvalue weighted by molar-refractivity contribution is 6.03. The van der Waals surface area contributed by atoms with Crippen LogP contribution in [0.4, 0.5) is 0 Å². The highest BCUT2D eigenvalue weighted by Gasteiger charge is 2.37. The van der Waals surface area contributed by atoms with Crippen molar-refractivity contribution in [2.24, 2.45) is 11.8 Å². The van der Waals surface area contributed by atoms with Gasteiger partial charge in [-0.1, -0.05) is 55.8 Å². The lowest BCUT2D eigenvalue weighted by molar-refractivity contribution is 0.0844. The van der Waals surface area contributed by atoms with Gasteiger partial charge in [-0.25, -0.2) is 0 Å². The Labute approximate surface area is 178 Å². The highest BCUT2D eigenvalue weighted by atomic mass is 16.5. The van der Waals surface area contributed by atoms with E-state index in [1.165, 1.54) is 5.57 Å². The number of hydrogen-bond donors (Lipinski definition) is 1. The number of Topliss-reactive ketones (excluding diaryl/α,β-unsaturated/α-hetero) is 1. The van der Waals surface area contributed by atoms with Crippen molar-refractivity contribution in [3.05, 3.63) is 64.7 Å². The zero-order chi connectivity index (χ0) is 21.4. The second kappa shape index (κ2) is 8.17. The van der Waals surface area contributed by atoms with Gasteiger partial charge in [0.1, 0.15) is 28.9 Å². The molecule has 0 amide bonds. The predicted octanol–water partition coefficient (Wildman–Crippen LogP) is 6.20. The van der Waals surface area contributed by atoms with E-state index < -0.39 is 0 Å². The normalized spacial score (nSPS) is 23.6. The lowest BCUT2D eigenvalue weighted by atomic mass is 9.71. The third kappa shape index (κ3) is 3.60. The molecular formula is C26H30O4. The minimum atomic E-state index is -0.360. The molecular weight excluding hydrogens is 376 g/mol. The van der Waals surface area contributed by atoms with Crippen LogP contribution in [-0.2, 0) is 0 Å². The summed E-state index contributed by atoms with van der Waals surface area (Å²) in [6.45, 7) is 6.56. The fourth-order valence-corrected chi connectivity index (χ4v) is 4.94. The van der Waals surface area contributed by atoms with Gasteiger partial charge in [0.15, 0.2) is 5.78 Å². The molecule has 2 aliphatic rings. The third-order valence-corrected chi connectivity index (χ3v) is 6.56. The molecule has 1 aliphatic heterocycles. The number of hydrogen-bond acceptors (Lipinski definition) is 4. The summed E-state index contributed by atoms with van der Waals surface area (Å²) >= 11 is 0. The van der Waals surface area contributed by atoms with Crippen LogP contribution in [0.3, 0.4) is 0 Å². The first kappa shape index (κ1) is 20.5. The molecule has 0 fully saturated rings. The van der Waals surface area contributed by atoms with Gasteiger partial charge in [-0.05, 0) is 37.2 Å². The van der Waals surface area contributed by atoms with Crippen LogP contribution in [0.15, 0.2) is 48.0 Å². The van der Waals surface area contributed by atoms with Gasteiger partial charge in [-0.15, -0.1) is 0 Å². The first-order chi connectivity index (χ1) is 14.4. The Morgan fingerprint density at radius 3 is 2.60 bits per heavy atom. The zero-order valence-electron chi connectivity index (χ0n) is 18.1. The maximum Gasteiger partial charge on any atom is 0.174 e. The van der Waals surface area contributed by atoms with E-state index in [2.05, 4.69) is 26.8 Å². The van der Waals surface area contributed by atoms with Crippen LogP contribution in [-0.4, -0.2) is 18.0 Å². The van der Waals surface area contributed by atoms with Crippen molar-refractivity contribution in [1.82, 2.24) is 0 Å². The number of fused-ring (bicyclic) bond motifs is 1. The van der Waals surface area contributed by atoms with Gasteiger partial charge < -0.3 is 14.6 Å². The van der Waals surface area contributed by atoms with Crippen molar-refractivity contribution >= 4 is 5.78 Å². The molecule has 0 saturated heterocycles. The number of ether oxygens (including phenoxy) is 2. The largest absolute Gasteiger partial charge is 0.507 e. The monoisotopic (exact) mass is 406 g/mol.